The highest BCUT2D eigenvalue weighted by atomic mass is 16.5. The van der Waals surface area contributed by atoms with Crippen molar-refractivity contribution in [1.82, 2.24) is 5.32 Å². The lowest BCUT2D eigenvalue weighted by Gasteiger charge is -2.26. The van der Waals surface area contributed by atoms with Crippen molar-refractivity contribution in [3.05, 3.63) is 65.8 Å². The predicted molar refractivity (Wildman–Crippen MR) is 176 cm³/mol. The van der Waals surface area contributed by atoms with Crippen LogP contribution < -0.4 is 10.6 Å². The Kier molecular flexibility index (Phi) is 14.3. The monoisotopic (exact) mass is 636 g/mol. The Morgan fingerprint density at radius 2 is 1.76 bits per heavy atom. The van der Waals surface area contributed by atoms with Gasteiger partial charge in [0.15, 0.2) is 5.78 Å². The fraction of sp³-hybridized carbons (Fsp3) is 0.500. The minimum absolute atomic E-state index is 0.0182. The smallest absolute Gasteiger partial charge is 0.328 e. The summed E-state index contributed by atoms with van der Waals surface area (Å²) < 4.78 is 11.2. The Morgan fingerprint density at radius 1 is 1.04 bits per heavy atom. The summed E-state index contributed by atoms with van der Waals surface area (Å²) in [5.41, 5.74) is 0.945. The quantitative estimate of drug-likeness (QED) is 0.185. The van der Waals surface area contributed by atoms with Crippen molar-refractivity contribution in [2.45, 2.75) is 96.8 Å². The van der Waals surface area contributed by atoms with Crippen molar-refractivity contribution in [2.75, 3.05) is 12.4 Å². The SMILES string of the molecule is CO[C@H]1/C=C/C=C/C=C/C[C@H](OC(=O)[C@@H](C)NC(=O)C2CCCCC2)[C@H](C)C(=O)/C(C)=C\CCc2cc(O)cc(c2O)NC(=O)C1. The standard InChI is InChI=1S/C36H48N2O8/c1-23-14-13-17-27-20-28(39)21-30(34(27)42)38-32(40)22-29(45-4)18-11-6-5-7-12-19-31(24(2)33(23)41)46-36(44)25(3)37-35(43)26-15-9-8-10-16-26/h5-7,11-12,14,18,20-21,24-26,29,31,39,42H,8-10,13,15-17,19,22H2,1-4H3,(H,37,43)(H,38,40)/b6-5+,12-7+,18-11+,23-14-/t24-,25+,29-,31-/m0/s1. The van der Waals surface area contributed by atoms with E-state index in [4.69, 9.17) is 9.47 Å². The first-order valence-electron chi connectivity index (χ1n) is 16.1. The van der Waals surface area contributed by atoms with E-state index >= 15 is 0 Å². The van der Waals surface area contributed by atoms with E-state index in [0.717, 1.165) is 32.1 Å². The number of phenolic OH excluding ortho intramolecular Hbond substituents is 2. The molecule has 4 atom stereocenters. The number of benzene rings is 1. The average Bonchev–Trinajstić information content (AvgIpc) is 3.04. The maximum atomic E-state index is 13.5. The number of allylic oxidation sites excluding steroid dienone is 6. The Morgan fingerprint density at radius 3 is 2.48 bits per heavy atom. The van der Waals surface area contributed by atoms with Crippen molar-refractivity contribution in [1.29, 1.82) is 0 Å². The molecule has 1 fully saturated rings. The summed E-state index contributed by atoms with van der Waals surface area (Å²) in [5.74, 6) is -2.42. The molecule has 1 aromatic rings. The van der Waals surface area contributed by atoms with Gasteiger partial charge in [-0.05, 0) is 56.7 Å². The fourth-order valence-electron chi connectivity index (χ4n) is 5.62. The number of ketones is 1. The third-order valence-electron chi connectivity index (χ3n) is 8.48. The lowest BCUT2D eigenvalue weighted by atomic mass is 9.88. The number of hydrogen-bond donors (Lipinski definition) is 4. The van der Waals surface area contributed by atoms with Crippen molar-refractivity contribution in [2.24, 2.45) is 11.8 Å². The molecule has 10 heteroatoms. The Labute approximate surface area is 271 Å². The number of anilines is 1. The molecule has 1 aliphatic heterocycles. The summed E-state index contributed by atoms with van der Waals surface area (Å²) in [6, 6.07) is 1.83. The third-order valence-corrected chi connectivity index (χ3v) is 8.48. The average molecular weight is 637 g/mol. The van der Waals surface area contributed by atoms with Gasteiger partial charge in [0.25, 0.3) is 0 Å². The van der Waals surface area contributed by atoms with Crippen LogP contribution in [0.2, 0.25) is 0 Å². The molecule has 1 aromatic carbocycles. The van der Waals surface area contributed by atoms with Crippen LogP contribution in [0, 0.1) is 11.8 Å². The number of aromatic hydroxyl groups is 2. The molecular formula is C36H48N2O8. The molecule has 2 aliphatic rings. The maximum Gasteiger partial charge on any atom is 0.328 e. The first-order chi connectivity index (χ1) is 22.0. The van der Waals surface area contributed by atoms with Crippen LogP contribution in [0.3, 0.4) is 0 Å². The van der Waals surface area contributed by atoms with Gasteiger partial charge in [-0.1, -0.05) is 68.7 Å². The third kappa shape index (κ3) is 11.0. The van der Waals surface area contributed by atoms with Gasteiger partial charge in [-0.25, -0.2) is 4.79 Å². The summed E-state index contributed by atoms with van der Waals surface area (Å²) >= 11 is 0. The molecule has 0 unspecified atom stereocenters. The second-order valence-corrected chi connectivity index (χ2v) is 12.1. The second-order valence-electron chi connectivity index (χ2n) is 12.1. The van der Waals surface area contributed by atoms with Crippen molar-refractivity contribution in [3.8, 4) is 11.5 Å². The van der Waals surface area contributed by atoms with E-state index in [1.807, 2.05) is 6.08 Å². The number of carbonyl (C=O) groups excluding carboxylic acids is 4. The van der Waals surface area contributed by atoms with E-state index in [-0.39, 0.29) is 54.1 Å². The van der Waals surface area contributed by atoms with E-state index in [1.54, 1.807) is 57.2 Å². The van der Waals surface area contributed by atoms with Gasteiger partial charge in [0, 0.05) is 25.5 Å². The largest absolute Gasteiger partial charge is 0.508 e. The maximum absolute atomic E-state index is 13.5. The highest BCUT2D eigenvalue weighted by Crippen LogP contribution is 2.34. The minimum Gasteiger partial charge on any atom is -0.508 e. The molecule has 46 heavy (non-hydrogen) atoms. The number of amides is 2. The number of ether oxygens (including phenoxy) is 2. The number of fused-ring (bicyclic) bond motifs is 2. The number of rotatable bonds is 5. The van der Waals surface area contributed by atoms with Gasteiger partial charge in [0.1, 0.15) is 23.6 Å². The first kappa shape index (κ1) is 36.3. The van der Waals surface area contributed by atoms with Gasteiger partial charge in [0.2, 0.25) is 11.8 Å². The van der Waals surface area contributed by atoms with E-state index in [2.05, 4.69) is 10.6 Å². The summed E-state index contributed by atoms with van der Waals surface area (Å²) in [5, 5.41) is 26.5. The summed E-state index contributed by atoms with van der Waals surface area (Å²) in [6.07, 6.45) is 16.6. The molecule has 2 bridgehead atoms. The van der Waals surface area contributed by atoms with Gasteiger partial charge in [0.05, 0.1) is 24.1 Å². The van der Waals surface area contributed by atoms with Gasteiger partial charge in [-0.15, -0.1) is 0 Å². The molecule has 10 nitrogen and oxygen atoms in total. The zero-order chi connectivity index (χ0) is 33.6. The molecule has 0 radical (unpaired) electrons. The van der Waals surface area contributed by atoms with Crippen LogP contribution in [0.15, 0.2) is 60.2 Å². The van der Waals surface area contributed by atoms with E-state index in [1.165, 1.54) is 19.2 Å². The topological polar surface area (TPSA) is 151 Å². The molecule has 0 aromatic heterocycles. The lowest BCUT2D eigenvalue weighted by molar-refractivity contribution is -0.156. The molecule has 0 spiro atoms. The number of phenols is 2. The second kappa shape index (κ2) is 18.1. The van der Waals surface area contributed by atoms with Crippen LogP contribution in [0.1, 0.15) is 77.7 Å². The van der Waals surface area contributed by atoms with Crippen LogP contribution in [0.5, 0.6) is 11.5 Å². The highest BCUT2D eigenvalue weighted by molar-refractivity contribution is 5.97. The molecular weight excluding hydrogens is 588 g/mol. The number of aryl methyl sites for hydroxylation is 1. The minimum atomic E-state index is -0.859. The van der Waals surface area contributed by atoms with E-state index in [0.29, 0.717) is 17.6 Å². The summed E-state index contributed by atoms with van der Waals surface area (Å²) in [7, 11) is 1.49. The van der Waals surface area contributed by atoms with Gasteiger partial charge >= 0.3 is 5.97 Å². The van der Waals surface area contributed by atoms with Crippen LogP contribution in [0.25, 0.3) is 0 Å². The molecule has 1 saturated carbocycles. The van der Waals surface area contributed by atoms with Crippen LogP contribution in [-0.2, 0) is 35.1 Å². The van der Waals surface area contributed by atoms with E-state index in [9.17, 15) is 29.4 Å². The predicted octanol–water partition coefficient (Wildman–Crippen LogP) is 5.59. The summed E-state index contributed by atoms with van der Waals surface area (Å²) in [4.78, 5) is 52.0. The number of Topliss-reactive ketones (excluding diaryl/α,β-unsaturated/α-hetero) is 1. The van der Waals surface area contributed by atoms with Crippen LogP contribution in [-0.4, -0.2) is 59.1 Å². The first-order valence-corrected chi connectivity index (χ1v) is 16.1. The van der Waals surface area contributed by atoms with Crippen LogP contribution >= 0.6 is 0 Å². The van der Waals surface area contributed by atoms with Crippen molar-refractivity contribution in [3.63, 3.8) is 0 Å². The van der Waals surface area contributed by atoms with Crippen LogP contribution in [0.4, 0.5) is 5.69 Å². The van der Waals surface area contributed by atoms with Gasteiger partial charge < -0.3 is 30.3 Å². The molecule has 0 saturated heterocycles. The zero-order valence-corrected chi connectivity index (χ0v) is 27.3. The number of nitrogens with one attached hydrogen (secondary N) is 2. The highest BCUT2D eigenvalue weighted by Gasteiger charge is 2.31. The number of carbonyl (C=O) groups is 4. The molecule has 1 aliphatic carbocycles. The number of esters is 1. The van der Waals surface area contributed by atoms with Gasteiger partial charge in [-0.2, -0.15) is 0 Å². The fourth-order valence-corrected chi connectivity index (χ4v) is 5.62. The number of hydrogen-bond acceptors (Lipinski definition) is 8. The Bertz CT molecular complexity index is 1360. The lowest BCUT2D eigenvalue weighted by Crippen LogP contribution is -2.45. The van der Waals surface area contributed by atoms with Gasteiger partial charge in [-0.3, -0.25) is 14.4 Å². The molecule has 2 amide bonds. The number of methoxy groups -OCH3 is 1. The normalized spacial score (nSPS) is 26.3. The molecule has 250 valence electrons. The summed E-state index contributed by atoms with van der Waals surface area (Å²) in [6.45, 7) is 5.00. The van der Waals surface area contributed by atoms with E-state index < -0.39 is 36.0 Å². The molecule has 3 rings (SSSR count). The Balaban J connectivity index is 1.82. The zero-order valence-electron chi connectivity index (χ0n) is 27.3. The van der Waals surface area contributed by atoms with Crippen molar-refractivity contribution < 1.29 is 38.9 Å². The van der Waals surface area contributed by atoms with Crippen molar-refractivity contribution >= 4 is 29.3 Å². The molecule has 1 heterocycles. The molecule has 4 N–H and O–H groups in total. The Hall–Kier alpha value is -4.18.